The Morgan fingerprint density at radius 3 is 2.67 bits per heavy atom. The molecule has 1 heterocycles. The number of halogens is 1. The minimum Gasteiger partial charge on any atom is -0.483 e. The molecule has 0 aliphatic rings. The minimum atomic E-state index is -0.362. The molecule has 0 aliphatic heterocycles. The summed E-state index contributed by atoms with van der Waals surface area (Å²) in [6.45, 7) is 1.88. The van der Waals surface area contributed by atoms with Crippen molar-refractivity contribution in [3.8, 4) is 22.7 Å². The zero-order chi connectivity index (χ0) is 24.9. The Morgan fingerprint density at radius 2 is 1.83 bits per heavy atom. The third kappa shape index (κ3) is 5.21. The number of nitrogens with one attached hydrogen (secondary N) is 1. The molecule has 1 aromatic heterocycles. The van der Waals surface area contributed by atoms with Crippen LogP contribution in [0.2, 0.25) is 0 Å². The van der Waals surface area contributed by atoms with E-state index in [4.69, 9.17) is 9.84 Å². The number of benzene rings is 4. The summed E-state index contributed by atoms with van der Waals surface area (Å²) in [5.74, 6) is 0.234. The van der Waals surface area contributed by atoms with Crippen LogP contribution in [0.1, 0.15) is 11.1 Å². The minimum absolute atomic E-state index is 0.164. The maximum Gasteiger partial charge on any atom is 0.277 e. The molecule has 36 heavy (non-hydrogen) atoms. The van der Waals surface area contributed by atoms with Crippen molar-refractivity contribution in [1.82, 2.24) is 15.2 Å². The fraction of sp³-hybridized carbons (Fsp3) is 0.0690. The summed E-state index contributed by atoms with van der Waals surface area (Å²) in [5.41, 5.74) is 7.15. The molecular formula is C29H23BrN4O2. The highest BCUT2D eigenvalue weighted by Crippen LogP contribution is 2.33. The predicted molar refractivity (Wildman–Crippen MR) is 147 cm³/mol. The van der Waals surface area contributed by atoms with Crippen LogP contribution in [-0.2, 0) is 4.79 Å². The number of carbonyl (C=O) groups is 1. The molecule has 6 nitrogen and oxygen atoms in total. The van der Waals surface area contributed by atoms with Gasteiger partial charge in [-0.3, -0.25) is 4.79 Å². The highest BCUT2D eigenvalue weighted by molar-refractivity contribution is 9.10. The van der Waals surface area contributed by atoms with Gasteiger partial charge in [-0.05, 0) is 57.9 Å². The van der Waals surface area contributed by atoms with Crippen LogP contribution >= 0.6 is 15.9 Å². The molecule has 7 heteroatoms. The van der Waals surface area contributed by atoms with Gasteiger partial charge in [-0.15, -0.1) is 0 Å². The van der Waals surface area contributed by atoms with E-state index in [-0.39, 0.29) is 12.5 Å². The molecule has 5 rings (SSSR count). The van der Waals surface area contributed by atoms with Gasteiger partial charge in [-0.1, -0.05) is 72.3 Å². The Hall–Kier alpha value is -4.23. The van der Waals surface area contributed by atoms with Gasteiger partial charge in [0.25, 0.3) is 5.91 Å². The van der Waals surface area contributed by atoms with Crippen molar-refractivity contribution < 1.29 is 9.53 Å². The van der Waals surface area contributed by atoms with Crippen LogP contribution in [0.3, 0.4) is 0 Å². The summed E-state index contributed by atoms with van der Waals surface area (Å²) in [4.78, 5) is 12.4. The average molecular weight is 539 g/mol. The van der Waals surface area contributed by atoms with Gasteiger partial charge >= 0.3 is 0 Å². The van der Waals surface area contributed by atoms with Crippen molar-refractivity contribution in [3.05, 3.63) is 113 Å². The van der Waals surface area contributed by atoms with Crippen LogP contribution in [0, 0.1) is 6.92 Å². The second-order valence-electron chi connectivity index (χ2n) is 8.26. The highest BCUT2D eigenvalue weighted by atomic mass is 79.9. The van der Waals surface area contributed by atoms with E-state index in [0.29, 0.717) is 5.75 Å². The van der Waals surface area contributed by atoms with Crippen molar-refractivity contribution in [2.45, 2.75) is 6.92 Å². The van der Waals surface area contributed by atoms with Crippen LogP contribution in [0.25, 0.3) is 27.7 Å². The van der Waals surface area contributed by atoms with Gasteiger partial charge in [-0.25, -0.2) is 10.1 Å². The first-order valence-electron chi connectivity index (χ1n) is 11.4. The number of aryl methyl sites for hydroxylation is 1. The maximum atomic E-state index is 12.4. The highest BCUT2D eigenvalue weighted by Gasteiger charge is 2.12. The molecule has 178 valence electrons. The van der Waals surface area contributed by atoms with Crippen LogP contribution in [0.5, 0.6) is 5.75 Å². The third-order valence-electron chi connectivity index (χ3n) is 5.63. The van der Waals surface area contributed by atoms with Crippen LogP contribution < -0.4 is 10.2 Å². The largest absolute Gasteiger partial charge is 0.483 e. The Morgan fingerprint density at radius 1 is 1.03 bits per heavy atom. The van der Waals surface area contributed by atoms with E-state index in [9.17, 15) is 4.79 Å². The van der Waals surface area contributed by atoms with Gasteiger partial charge in [0.2, 0.25) is 0 Å². The number of fused-ring (bicyclic) bond motifs is 1. The van der Waals surface area contributed by atoms with Crippen molar-refractivity contribution in [3.63, 3.8) is 0 Å². The first kappa shape index (κ1) is 23.5. The summed E-state index contributed by atoms with van der Waals surface area (Å²) in [6.07, 6.45) is 3.50. The fourth-order valence-electron chi connectivity index (χ4n) is 3.89. The summed E-state index contributed by atoms with van der Waals surface area (Å²) in [5, 5.41) is 11.1. The van der Waals surface area contributed by atoms with E-state index in [1.807, 2.05) is 98.0 Å². The molecule has 0 unspecified atom stereocenters. The number of rotatable bonds is 7. The van der Waals surface area contributed by atoms with Crippen molar-refractivity contribution >= 4 is 38.8 Å². The summed E-state index contributed by atoms with van der Waals surface area (Å²) in [6, 6.07) is 29.7. The third-order valence-corrected chi connectivity index (χ3v) is 6.45. The Kier molecular flexibility index (Phi) is 6.91. The zero-order valence-corrected chi connectivity index (χ0v) is 21.1. The van der Waals surface area contributed by atoms with E-state index in [1.54, 1.807) is 10.9 Å². The predicted octanol–water partition coefficient (Wildman–Crippen LogP) is 6.29. The standard InChI is InChI=1S/C29H23BrN4O2/c1-20-8-7-10-22(16-20)29-23(18-34(33-29)24-11-3-2-4-12-24)17-31-32-27(35)19-36-26-15-14-21-9-5-6-13-25(21)28(26)30/h2-18H,19H2,1H3,(H,32,35)/b31-17-. The molecule has 5 aromatic rings. The lowest BCUT2D eigenvalue weighted by Gasteiger charge is -2.09. The Labute approximate surface area is 217 Å². The van der Waals surface area contributed by atoms with Crippen molar-refractivity contribution in [2.75, 3.05) is 6.61 Å². The van der Waals surface area contributed by atoms with Gasteiger partial charge in [0.05, 0.1) is 16.4 Å². The molecule has 0 saturated heterocycles. The molecule has 0 radical (unpaired) electrons. The molecule has 0 aliphatic carbocycles. The molecule has 0 spiro atoms. The number of aromatic nitrogens is 2. The van der Waals surface area contributed by atoms with Crippen LogP contribution in [0.15, 0.2) is 107 Å². The van der Waals surface area contributed by atoms with Crippen molar-refractivity contribution in [2.24, 2.45) is 5.10 Å². The number of para-hydroxylation sites is 1. The molecule has 1 amide bonds. The number of ether oxygens (including phenoxy) is 1. The van der Waals surface area contributed by atoms with Crippen molar-refractivity contribution in [1.29, 1.82) is 0 Å². The van der Waals surface area contributed by atoms with E-state index < -0.39 is 0 Å². The quantitative estimate of drug-likeness (QED) is 0.195. The molecule has 0 atom stereocenters. The van der Waals surface area contributed by atoms with Gasteiger partial charge in [0.15, 0.2) is 6.61 Å². The maximum absolute atomic E-state index is 12.4. The molecule has 1 N–H and O–H groups in total. The Balaban J connectivity index is 1.31. The first-order chi connectivity index (χ1) is 17.6. The number of hydrogen-bond donors (Lipinski definition) is 1. The number of hydrogen-bond acceptors (Lipinski definition) is 4. The summed E-state index contributed by atoms with van der Waals surface area (Å²) < 4.78 is 8.35. The number of amides is 1. The lowest BCUT2D eigenvalue weighted by atomic mass is 10.1. The molecular weight excluding hydrogens is 516 g/mol. The molecule has 4 aromatic carbocycles. The normalized spacial score (nSPS) is 11.2. The molecule has 0 saturated carbocycles. The number of nitrogens with zero attached hydrogens (tertiary/aromatic N) is 3. The molecule has 0 fully saturated rings. The lowest BCUT2D eigenvalue weighted by molar-refractivity contribution is -0.123. The average Bonchev–Trinajstić information content (AvgIpc) is 3.33. The number of carbonyl (C=O) groups excluding carboxylic acids is 1. The van der Waals surface area contributed by atoms with E-state index in [1.165, 1.54) is 0 Å². The van der Waals surface area contributed by atoms with Gasteiger partial charge in [0, 0.05) is 17.3 Å². The van der Waals surface area contributed by atoms with E-state index >= 15 is 0 Å². The fourth-order valence-corrected chi connectivity index (χ4v) is 4.49. The van der Waals surface area contributed by atoms with Gasteiger partial charge in [-0.2, -0.15) is 10.2 Å². The van der Waals surface area contributed by atoms with Crippen LogP contribution in [0.4, 0.5) is 0 Å². The molecule has 0 bridgehead atoms. The summed E-state index contributed by atoms with van der Waals surface area (Å²) >= 11 is 3.58. The van der Waals surface area contributed by atoms with Crippen LogP contribution in [-0.4, -0.2) is 28.5 Å². The second kappa shape index (κ2) is 10.6. The monoisotopic (exact) mass is 538 g/mol. The Bertz CT molecular complexity index is 1560. The van der Waals surface area contributed by atoms with Gasteiger partial charge < -0.3 is 4.74 Å². The van der Waals surface area contributed by atoms with Gasteiger partial charge in [0.1, 0.15) is 11.4 Å². The van der Waals surface area contributed by atoms with E-state index in [2.05, 4.69) is 32.5 Å². The second-order valence-corrected chi connectivity index (χ2v) is 9.06. The van der Waals surface area contributed by atoms with E-state index in [0.717, 1.165) is 43.3 Å². The smallest absolute Gasteiger partial charge is 0.277 e. The zero-order valence-electron chi connectivity index (χ0n) is 19.6. The SMILES string of the molecule is Cc1cccc(-c2nn(-c3ccccc3)cc2/C=N\NC(=O)COc2ccc3ccccc3c2Br)c1. The first-order valence-corrected chi connectivity index (χ1v) is 12.2. The topological polar surface area (TPSA) is 68.5 Å². The summed E-state index contributed by atoms with van der Waals surface area (Å²) in [7, 11) is 0. The lowest BCUT2D eigenvalue weighted by Crippen LogP contribution is -2.24. The number of hydrazone groups is 1.